The van der Waals surface area contributed by atoms with E-state index in [4.69, 9.17) is 11.5 Å². The van der Waals surface area contributed by atoms with Crippen LogP contribution in [0.25, 0.3) is 0 Å². The first kappa shape index (κ1) is 23.5. The van der Waals surface area contributed by atoms with Crippen LogP contribution in [0.2, 0.25) is 0 Å². The van der Waals surface area contributed by atoms with E-state index < -0.39 is 0 Å². The molecule has 1 aliphatic heterocycles. The molecule has 0 saturated heterocycles. The number of nitrogens with two attached hydrogens (primary N) is 2. The SMILES string of the molecule is C[C@]12CCSSC[C@H](N=C(N)N)CCCC3=C4C[C@H]1CC[C@@H](CCCCO)[C@@]42CC3=O. The summed E-state index contributed by atoms with van der Waals surface area (Å²) in [5.41, 5.74) is 14.4. The Labute approximate surface area is 195 Å². The first-order chi connectivity index (χ1) is 14.9. The monoisotopic (exact) mass is 465 g/mol. The minimum absolute atomic E-state index is 0.0797. The number of ketones is 1. The van der Waals surface area contributed by atoms with Gasteiger partial charge in [0.25, 0.3) is 0 Å². The summed E-state index contributed by atoms with van der Waals surface area (Å²) in [6.07, 6.45) is 11.5. The van der Waals surface area contributed by atoms with Crippen LogP contribution in [-0.4, -0.2) is 41.0 Å². The number of aliphatic imine (C=N–C) groups is 1. The van der Waals surface area contributed by atoms with Gasteiger partial charge in [-0.25, -0.2) is 4.99 Å². The number of Topliss-reactive ketones (excluding diaryl/α,β-unsaturated/α-hetero) is 1. The molecule has 1 spiro atoms. The first-order valence-electron chi connectivity index (χ1n) is 12.1. The Kier molecular flexibility index (Phi) is 7.34. The molecule has 0 unspecified atom stereocenters. The third-order valence-corrected chi connectivity index (χ3v) is 11.4. The fourth-order valence-electron chi connectivity index (χ4n) is 7.48. The molecule has 5 bridgehead atoms. The van der Waals surface area contributed by atoms with Gasteiger partial charge < -0.3 is 16.6 Å². The molecule has 1 heterocycles. The Morgan fingerprint density at radius 3 is 2.84 bits per heavy atom. The number of aliphatic hydroxyl groups excluding tert-OH is 1. The Morgan fingerprint density at radius 1 is 1.23 bits per heavy atom. The molecule has 0 amide bonds. The average Bonchev–Trinajstić information content (AvgIpc) is 3.04. The zero-order chi connectivity index (χ0) is 22.1. The zero-order valence-corrected chi connectivity index (χ0v) is 20.5. The summed E-state index contributed by atoms with van der Waals surface area (Å²) in [6.45, 7) is 2.80. The standard InChI is InChI=1S/C24H39N3O2S2/c1-23-10-12-30-31-15-18(27-22(25)26)6-4-7-19-20-13-17(23)9-8-16(5-2-3-11-28)24(20,23)14-21(19)29/h16-18,28H,2-15H2,1H3,(H4,25,26,27)/t16-,17-,18-,23+,24+/m1/s1. The van der Waals surface area contributed by atoms with E-state index in [-0.39, 0.29) is 29.4 Å². The molecule has 4 rings (SSSR count). The second kappa shape index (κ2) is 9.68. The van der Waals surface area contributed by atoms with Gasteiger partial charge in [-0.15, -0.1) is 0 Å². The molecule has 0 aromatic carbocycles. The van der Waals surface area contributed by atoms with Gasteiger partial charge in [0.15, 0.2) is 11.7 Å². The molecule has 2 fully saturated rings. The molecule has 5 N–H and O–H groups in total. The van der Waals surface area contributed by atoms with Gasteiger partial charge >= 0.3 is 0 Å². The van der Waals surface area contributed by atoms with Crippen molar-refractivity contribution in [1.29, 1.82) is 0 Å². The number of hydrogen-bond acceptors (Lipinski definition) is 5. The van der Waals surface area contributed by atoms with Gasteiger partial charge in [-0.3, -0.25) is 4.79 Å². The van der Waals surface area contributed by atoms with Crippen molar-refractivity contribution in [2.24, 2.45) is 39.1 Å². The van der Waals surface area contributed by atoms with Crippen molar-refractivity contribution in [3.05, 3.63) is 11.1 Å². The molecular formula is C24H39N3O2S2. The van der Waals surface area contributed by atoms with Crippen LogP contribution in [-0.2, 0) is 4.79 Å². The van der Waals surface area contributed by atoms with Gasteiger partial charge in [-0.2, -0.15) is 0 Å². The number of aliphatic hydroxyl groups is 1. The molecule has 0 aromatic rings. The summed E-state index contributed by atoms with van der Waals surface area (Å²) in [7, 11) is 3.86. The van der Waals surface area contributed by atoms with Crippen LogP contribution in [0.4, 0.5) is 0 Å². The highest BCUT2D eigenvalue weighted by molar-refractivity contribution is 8.76. The van der Waals surface area contributed by atoms with Crippen molar-refractivity contribution in [2.75, 3.05) is 18.1 Å². The second-order valence-corrected chi connectivity index (χ2v) is 12.9. The normalized spacial score (nSPS) is 38.4. The molecule has 5 nitrogen and oxygen atoms in total. The Bertz CT molecular complexity index is 751. The highest BCUT2D eigenvalue weighted by Gasteiger charge is 2.67. The van der Waals surface area contributed by atoms with Gasteiger partial charge in [-0.1, -0.05) is 40.5 Å². The number of nitrogens with zero attached hydrogens (tertiary/aromatic N) is 1. The fourth-order valence-corrected chi connectivity index (χ4v) is 9.96. The largest absolute Gasteiger partial charge is 0.396 e. The van der Waals surface area contributed by atoms with Crippen molar-refractivity contribution in [2.45, 2.75) is 83.6 Å². The third kappa shape index (κ3) is 4.19. The van der Waals surface area contributed by atoms with Crippen LogP contribution < -0.4 is 11.5 Å². The van der Waals surface area contributed by atoms with E-state index in [1.807, 2.05) is 21.6 Å². The minimum Gasteiger partial charge on any atom is -0.396 e. The predicted octanol–water partition coefficient (Wildman–Crippen LogP) is 4.44. The van der Waals surface area contributed by atoms with Crippen LogP contribution in [0.5, 0.6) is 0 Å². The van der Waals surface area contributed by atoms with E-state index in [2.05, 4.69) is 11.9 Å². The maximum atomic E-state index is 13.4. The molecule has 2 saturated carbocycles. The summed E-state index contributed by atoms with van der Waals surface area (Å²) >= 11 is 0. The molecule has 174 valence electrons. The van der Waals surface area contributed by atoms with Crippen molar-refractivity contribution in [3.8, 4) is 0 Å². The molecule has 4 aliphatic rings. The molecule has 0 radical (unpaired) electrons. The van der Waals surface area contributed by atoms with Crippen molar-refractivity contribution in [1.82, 2.24) is 0 Å². The molecule has 7 heteroatoms. The summed E-state index contributed by atoms with van der Waals surface area (Å²) in [4.78, 5) is 17.9. The zero-order valence-electron chi connectivity index (χ0n) is 18.9. The number of hydrogen-bond donors (Lipinski definition) is 3. The van der Waals surface area contributed by atoms with Crippen LogP contribution in [0.3, 0.4) is 0 Å². The van der Waals surface area contributed by atoms with Crippen LogP contribution in [0.15, 0.2) is 16.1 Å². The van der Waals surface area contributed by atoms with Gasteiger partial charge in [-0.05, 0) is 80.6 Å². The van der Waals surface area contributed by atoms with Gasteiger partial charge in [0, 0.05) is 29.9 Å². The Morgan fingerprint density at radius 2 is 2.06 bits per heavy atom. The molecule has 31 heavy (non-hydrogen) atoms. The number of rotatable bonds is 5. The van der Waals surface area contributed by atoms with E-state index in [0.717, 1.165) is 68.8 Å². The van der Waals surface area contributed by atoms with E-state index in [9.17, 15) is 9.90 Å². The molecule has 5 atom stereocenters. The van der Waals surface area contributed by atoms with Gasteiger partial charge in [0.05, 0.1) is 6.04 Å². The summed E-state index contributed by atoms with van der Waals surface area (Å²) in [6, 6.07) is 0.137. The number of allylic oxidation sites excluding steroid dienone is 2. The summed E-state index contributed by atoms with van der Waals surface area (Å²) < 4.78 is 0. The van der Waals surface area contributed by atoms with E-state index >= 15 is 0 Å². The average molecular weight is 466 g/mol. The summed E-state index contributed by atoms with van der Waals surface area (Å²) in [5, 5.41) is 9.33. The number of unbranched alkanes of at least 4 members (excludes halogenated alkanes) is 1. The Hall–Kier alpha value is -0.660. The predicted molar refractivity (Wildman–Crippen MR) is 132 cm³/mol. The van der Waals surface area contributed by atoms with Crippen LogP contribution in [0, 0.1) is 22.7 Å². The van der Waals surface area contributed by atoms with Crippen molar-refractivity contribution < 1.29 is 9.90 Å². The molecular weight excluding hydrogens is 426 g/mol. The van der Waals surface area contributed by atoms with Crippen LogP contribution >= 0.6 is 21.6 Å². The molecule has 0 aromatic heterocycles. The summed E-state index contributed by atoms with van der Waals surface area (Å²) in [5.74, 6) is 3.96. The lowest BCUT2D eigenvalue weighted by molar-refractivity contribution is -0.121. The molecule has 3 aliphatic carbocycles. The maximum Gasteiger partial charge on any atom is 0.186 e. The lowest BCUT2D eigenvalue weighted by Crippen LogP contribution is -2.48. The fraction of sp³-hybridized carbons (Fsp3) is 0.833. The lowest BCUT2D eigenvalue weighted by atomic mass is 9.50. The van der Waals surface area contributed by atoms with E-state index in [1.165, 1.54) is 24.8 Å². The van der Waals surface area contributed by atoms with Crippen molar-refractivity contribution in [3.63, 3.8) is 0 Å². The topological polar surface area (TPSA) is 102 Å². The maximum absolute atomic E-state index is 13.4. The Balaban J connectivity index is 1.66. The van der Waals surface area contributed by atoms with E-state index in [1.54, 1.807) is 5.57 Å². The third-order valence-electron chi connectivity index (χ3n) is 8.91. The van der Waals surface area contributed by atoms with Gasteiger partial charge in [0.1, 0.15) is 0 Å². The van der Waals surface area contributed by atoms with Crippen LogP contribution in [0.1, 0.15) is 77.6 Å². The number of carbonyl (C=O) groups is 1. The smallest absolute Gasteiger partial charge is 0.186 e. The first-order valence-corrected chi connectivity index (χ1v) is 14.6. The minimum atomic E-state index is 0.0797. The van der Waals surface area contributed by atoms with Crippen molar-refractivity contribution >= 4 is 33.3 Å². The quantitative estimate of drug-likeness (QED) is 0.240. The lowest BCUT2D eigenvalue weighted by Gasteiger charge is -2.54. The van der Waals surface area contributed by atoms with Gasteiger partial charge in [0.2, 0.25) is 0 Å². The number of guanidine groups is 1. The second-order valence-electron chi connectivity index (χ2n) is 10.3. The highest BCUT2D eigenvalue weighted by Crippen LogP contribution is 2.74. The number of carbonyl (C=O) groups excluding carboxylic acids is 1. The highest BCUT2D eigenvalue weighted by atomic mass is 33.1. The van der Waals surface area contributed by atoms with E-state index in [0.29, 0.717) is 11.7 Å².